The Morgan fingerprint density at radius 1 is 1.25 bits per heavy atom. The van der Waals surface area contributed by atoms with Gasteiger partial charge in [0.05, 0.1) is 5.41 Å². The Bertz CT molecular complexity index is 259. The molecule has 1 aliphatic carbocycles. The number of amides is 1. The predicted octanol–water partition coefficient (Wildman–Crippen LogP) is 3.21. The van der Waals surface area contributed by atoms with E-state index in [9.17, 15) is 4.79 Å². The van der Waals surface area contributed by atoms with Gasteiger partial charge in [-0.1, -0.05) is 41.0 Å². The molecule has 1 amide bonds. The Morgan fingerprint density at radius 2 is 1.81 bits per heavy atom. The number of rotatable bonds is 3. The fourth-order valence-electron chi connectivity index (χ4n) is 3.71. The lowest BCUT2D eigenvalue weighted by atomic mass is 9.55. The number of carbonyl (C=O) groups excluding carboxylic acids is 1. The molecule has 0 aliphatic heterocycles. The van der Waals surface area contributed by atoms with E-state index < -0.39 is 0 Å². The average molecular weight is 225 g/mol. The number of hydrogen-bond acceptors (Lipinski definition) is 1. The largest absolute Gasteiger partial charge is 0.369 e. The lowest BCUT2D eigenvalue weighted by Gasteiger charge is -2.49. The van der Waals surface area contributed by atoms with Gasteiger partial charge in [-0.3, -0.25) is 4.79 Å². The van der Waals surface area contributed by atoms with Gasteiger partial charge >= 0.3 is 0 Å². The van der Waals surface area contributed by atoms with Crippen molar-refractivity contribution >= 4 is 5.91 Å². The second kappa shape index (κ2) is 4.77. The minimum Gasteiger partial charge on any atom is -0.369 e. The molecular weight excluding hydrogens is 198 g/mol. The van der Waals surface area contributed by atoms with Gasteiger partial charge in [0, 0.05) is 0 Å². The van der Waals surface area contributed by atoms with E-state index in [-0.39, 0.29) is 11.3 Å². The number of nitrogens with two attached hydrogens (primary N) is 1. The standard InChI is InChI=1S/C14H27NO/c1-9(2)12-7-6-11(5)8-14(12,10(3)4)13(15)16/h9-12H,6-8H2,1-5H3,(H2,15,16). The molecule has 2 heteroatoms. The summed E-state index contributed by atoms with van der Waals surface area (Å²) in [6.45, 7) is 11.0. The predicted molar refractivity (Wildman–Crippen MR) is 67.8 cm³/mol. The van der Waals surface area contributed by atoms with Gasteiger partial charge in [0.1, 0.15) is 0 Å². The Morgan fingerprint density at radius 3 is 2.19 bits per heavy atom. The van der Waals surface area contributed by atoms with Crippen LogP contribution in [-0.2, 0) is 4.79 Å². The molecule has 0 aromatic rings. The molecular formula is C14H27NO. The lowest BCUT2D eigenvalue weighted by molar-refractivity contribution is -0.141. The molecule has 0 bridgehead atoms. The average Bonchev–Trinajstić information content (AvgIpc) is 2.15. The zero-order chi connectivity index (χ0) is 12.5. The van der Waals surface area contributed by atoms with Crippen LogP contribution in [0.4, 0.5) is 0 Å². The summed E-state index contributed by atoms with van der Waals surface area (Å²) < 4.78 is 0. The van der Waals surface area contributed by atoms with E-state index in [0.29, 0.717) is 23.7 Å². The van der Waals surface area contributed by atoms with Gasteiger partial charge in [0.2, 0.25) is 5.91 Å². The molecule has 0 saturated heterocycles. The minimum absolute atomic E-state index is 0.0762. The van der Waals surface area contributed by atoms with Crippen LogP contribution in [0.1, 0.15) is 53.9 Å². The molecule has 0 aromatic heterocycles. The molecule has 16 heavy (non-hydrogen) atoms. The molecule has 2 nitrogen and oxygen atoms in total. The van der Waals surface area contributed by atoms with Crippen LogP contribution < -0.4 is 5.73 Å². The van der Waals surface area contributed by atoms with Crippen LogP contribution in [-0.4, -0.2) is 5.91 Å². The van der Waals surface area contributed by atoms with Crippen LogP contribution in [0.3, 0.4) is 0 Å². The zero-order valence-electron chi connectivity index (χ0n) is 11.4. The summed E-state index contributed by atoms with van der Waals surface area (Å²) >= 11 is 0. The highest BCUT2D eigenvalue weighted by Gasteiger charge is 2.50. The second-order valence-electron chi connectivity index (χ2n) is 6.30. The number of primary amides is 1. The highest BCUT2D eigenvalue weighted by Crippen LogP contribution is 2.51. The molecule has 3 atom stereocenters. The SMILES string of the molecule is CC1CCC(C(C)C)C(C(N)=O)(C(C)C)C1. The maximum atomic E-state index is 12.0. The Kier molecular flexibility index (Phi) is 4.03. The quantitative estimate of drug-likeness (QED) is 0.787. The summed E-state index contributed by atoms with van der Waals surface area (Å²) in [4.78, 5) is 12.0. The maximum Gasteiger partial charge on any atom is 0.224 e. The Labute approximate surface area is 100.0 Å². The molecule has 3 unspecified atom stereocenters. The molecule has 2 N–H and O–H groups in total. The highest BCUT2D eigenvalue weighted by molar-refractivity contribution is 5.81. The molecule has 1 fully saturated rings. The monoisotopic (exact) mass is 225 g/mol. The molecule has 0 aromatic carbocycles. The summed E-state index contributed by atoms with van der Waals surface area (Å²) in [6, 6.07) is 0. The molecule has 1 saturated carbocycles. The first-order chi connectivity index (χ1) is 7.32. The van der Waals surface area contributed by atoms with Gasteiger partial charge in [0.25, 0.3) is 0 Å². The normalized spacial score (nSPS) is 35.7. The zero-order valence-corrected chi connectivity index (χ0v) is 11.4. The van der Waals surface area contributed by atoms with Crippen LogP contribution in [0, 0.1) is 29.1 Å². The van der Waals surface area contributed by atoms with Gasteiger partial charge in [-0.05, 0) is 36.5 Å². The van der Waals surface area contributed by atoms with Crippen molar-refractivity contribution in [1.29, 1.82) is 0 Å². The highest BCUT2D eigenvalue weighted by atomic mass is 16.1. The number of carbonyl (C=O) groups is 1. The minimum atomic E-state index is -0.272. The topological polar surface area (TPSA) is 43.1 Å². The molecule has 94 valence electrons. The van der Waals surface area contributed by atoms with Gasteiger partial charge in [-0.2, -0.15) is 0 Å². The first-order valence-electron chi connectivity index (χ1n) is 6.62. The number of hydrogen-bond donors (Lipinski definition) is 1. The van der Waals surface area contributed by atoms with Gasteiger partial charge in [-0.15, -0.1) is 0 Å². The van der Waals surface area contributed by atoms with Crippen molar-refractivity contribution in [2.24, 2.45) is 34.8 Å². The van der Waals surface area contributed by atoms with E-state index >= 15 is 0 Å². The van der Waals surface area contributed by atoms with E-state index in [1.54, 1.807) is 0 Å². The van der Waals surface area contributed by atoms with E-state index in [4.69, 9.17) is 5.73 Å². The third kappa shape index (κ3) is 2.11. The Hall–Kier alpha value is -0.530. The summed E-state index contributed by atoms with van der Waals surface area (Å²) in [5, 5.41) is 0. The van der Waals surface area contributed by atoms with Crippen LogP contribution in [0.2, 0.25) is 0 Å². The first-order valence-corrected chi connectivity index (χ1v) is 6.62. The molecule has 1 rings (SSSR count). The van der Waals surface area contributed by atoms with Crippen molar-refractivity contribution in [2.45, 2.75) is 53.9 Å². The van der Waals surface area contributed by atoms with Crippen molar-refractivity contribution in [1.82, 2.24) is 0 Å². The van der Waals surface area contributed by atoms with Crippen LogP contribution >= 0.6 is 0 Å². The Balaban J connectivity index is 3.11. The van der Waals surface area contributed by atoms with Crippen molar-refractivity contribution in [3.63, 3.8) is 0 Å². The molecule has 0 spiro atoms. The molecule has 0 radical (unpaired) electrons. The third-order valence-corrected chi connectivity index (χ3v) is 4.61. The lowest BCUT2D eigenvalue weighted by Crippen LogP contribution is -2.52. The molecule has 1 aliphatic rings. The van der Waals surface area contributed by atoms with E-state index in [1.807, 2.05) is 0 Å². The smallest absolute Gasteiger partial charge is 0.224 e. The van der Waals surface area contributed by atoms with Gasteiger partial charge in [0.15, 0.2) is 0 Å². The van der Waals surface area contributed by atoms with Gasteiger partial charge in [-0.25, -0.2) is 0 Å². The fraction of sp³-hybridized carbons (Fsp3) is 0.929. The third-order valence-electron chi connectivity index (χ3n) is 4.61. The summed E-state index contributed by atoms with van der Waals surface area (Å²) in [5.41, 5.74) is 5.48. The summed E-state index contributed by atoms with van der Waals surface area (Å²) in [5.74, 6) is 1.90. The van der Waals surface area contributed by atoms with Gasteiger partial charge < -0.3 is 5.73 Å². The van der Waals surface area contributed by atoms with Crippen LogP contribution in [0.25, 0.3) is 0 Å². The van der Waals surface area contributed by atoms with E-state index in [2.05, 4.69) is 34.6 Å². The van der Waals surface area contributed by atoms with E-state index in [1.165, 1.54) is 6.42 Å². The second-order valence-corrected chi connectivity index (χ2v) is 6.30. The van der Waals surface area contributed by atoms with Crippen molar-refractivity contribution in [3.8, 4) is 0 Å². The first kappa shape index (κ1) is 13.5. The van der Waals surface area contributed by atoms with Crippen LogP contribution in [0.5, 0.6) is 0 Å². The summed E-state index contributed by atoms with van der Waals surface area (Å²) in [6.07, 6.45) is 3.37. The van der Waals surface area contributed by atoms with Crippen LogP contribution in [0.15, 0.2) is 0 Å². The van der Waals surface area contributed by atoms with Crippen molar-refractivity contribution in [3.05, 3.63) is 0 Å². The maximum absolute atomic E-state index is 12.0. The fourth-order valence-corrected chi connectivity index (χ4v) is 3.71. The molecule has 0 heterocycles. The van der Waals surface area contributed by atoms with Crippen molar-refractivity contribution < 1.29 is 4.79 Å². The summed E-state index contributed by atoms with van der Waals surface area (Å²) in [7, 11) is 0. The van der Waals surface area contributed by atoms with E-state index in [0.717, 1.165) is 12.8 Å². The van der Waals surface area contributed by atoms with Crippen molar-refractivity contribution in [2.75, 3.05) is 0 Å².